The van der Waals surface area contributed by atoms with Gasteiger partial charge >= 0.3 is 6.03 Å². The van der Waals surface area contributed by atoms with E-state index in [1.165, 1.54) is 0 Å². The smallest absolute Gasteiger partial charge is 0.323 e. The lowest BCUT2D eigenvalue weighted by molar-refractivity contribution is 0.261. The third-order valence-corrected chi connectivity index (χ3v) is 3.14. The predicted molar refractivity (Wildman–Crippen MR) is 79.1 cm³/mol. The van der Waals surface area contributed by atoms with Crippen LogP contribution < -0.4 is 10.6 Å². The Bertz CT molecular complexity index is 680. The van der Waals surface area contributed by atoms with Crippen LogP contribution in [0.25, 0.3) is 0 Å². The second-order valence-corrected chi connectivity index (χ2v) is 5.08. The Kier molecular flexibility index (Phi) is 4.87. The number of carbonyl (C=O) groups excluding carboxylic acids is 1. The van der Waals surface area contributed by atoms with Crippen LogP contribution in [0.5, 0.6) is 0 Å². The minimum atomic E-state index is -0.921. The number of halogens is 3. The van der Waals surface area contributed by atoms with Gasteiger partial charge in [0.1, 0.15) is 11.6 Å². The van der Waals surface area contributed by atoms with Gasteiger partial charge in [0, 0.05) is 21.8 Å². The largest absolute Gasteiger partial charge is 0.391 e. The number of aliphatic hydroxyl groups is 1. The van der Waals surface area contributed by atoms with Gasteiger partial charge in [-0.15, -0.1) is 0 Å². The number of carbonyl (C=O) groups is 1. The maximum atomic E-state index is 13.5. The van der Waals surface area contributed by atoms with E-state index in [2.05, 4.69) is 26.6 Å². The summed E-state index contributed by atoms with van der Waals surface area (Å²) in [5.74, 6) is -1.77. The Hall–Kier alpha value is -1.99. The van der Waals surface area contributed by atoms with Gasteiger partial charge in [0.2, 0.25) is 0 Å². The Morgan fingerprint density at radius 2 is 1.95 bits per heavy atom. The number of rotatable bonds is 3. The maximum Gasteiger partial charge on any atom is 0.323 e. The lowest BCUT2D eigenvalue weighted by atomic mass is 10.1. The zero-order valence-electron chi connectivity index (χ0n) is 10.7. The highest BCUT2D eigenvalue weighted by Gasteiger charge is 2.13. The molecule has 3 N–H and O–H groups in total. The van der Waals surface area contributed by atoms with Crippen LogP contribution in [0.15, 0.2) is 40.9 Å². The number of aliphatic hydroxyl groups excluding tert-OH is 1. The molecular weight excluding hydrogens is 346 g/mol. The Morgan fingerprint density at radius 3 is 2.62 bits per heavy atom. The van der Waals surface area contributed by atoms with Crippen molar-refractivity contribution >= 4 is 33.3 Å². The highest BCUT2D eigenvalue weighted by Crippen LogP contribution is 2.22. The highest BCUT2D eigenvalue weighted by molar-refractivity contribution is 9.10. The average Bonchev–Trinajstić information content (AvgIpc) is 2.37. The number of anilines is 2. The monoisotopic (exact) mass is 356 g/mol. The van der Waals surface area contributed by atoms with Gasteiger partial charge in [0.25, 0.3) is 0 Å². The highest BCUT2D eigenvalue weighted by atomic mass is 79.9. The lowest BCUT2D eigenvalue weighted by Gasteiger charge is -2.12. The summed E-state index contributed by atoms with van der Waals surface area (Å²) < 4.78 is 27.4. The van der Waals surface area contributed by atoms with Crippen LogP contribution in [0.1, 0.15) is 5.56 Å². The van der Waals surface area contributed by atoms with E-state index in [4.69, 9.17) is 5.11 Å². The summed E-state index contributed by atoms with van der Waals surface area (Å²) in [5, 5.41) is 13.9. The van der Waals surface area contributed by atoms with Crippen molar-refractivity contribution in [2.45, 2.75) is 6.61 Å². The summed E-state index contributed by atoms with van der Waals surface area (Å²) in [5.41, 5.74) is 0.201. The van der Waals surface area contributed by atoms with Crippen molar-refractivity contribution in [1.82, 2.24) is 0 Å². The van der Waals surface area contributed by atoms with E-state index in [0.717, 1.165) is 10.5 Å². The zero-order valence-corrected chi connectivity index (χ0v) is 12.2. The fourth-order valence-electron chi connectivity index (χ4n) is 1.73. The number of hydrogen-bond acceptors (Lipinski definition) is 2. The minimum absolute atomic E-state index is 0.123. The maximum absolute atomic E-state index is 13.5. The van der Waals surface area contributed by atoms with E-state index in [9.17, 15) is 13.6 Å². The fourth-order valence-corrected chi connectivity index (χ4v) is 2.13. The van der Waals surface area contributed by atoms with Crippen LogP contribution in [0.4, 0.5) is 25.0 Å². The predicted octanol–water partition coefficient (Wildman–Crippen LogP) is 3.86. The standard InChI is InChI=1S/C14H11BrF2N2O2/c15-8-2-1-3-10(4-8)18-14(21)19-13-6-9(16)5-12(17)11(13)7-20/h1-6,20H,7H2,(H2,18,19,21). The quantitative estimate of drug-likeness (QED) is 0.781. The van der Waals surface area contributed by atoms with E-state index in [0.29, 0.717) is 11.8 Å². The molecule has 4 nitrogen and oxygen atoms in total. The van der Waals surface area contributed by atoms with Crippen LogP contribution in [0, 0.1) is 11.6 Å². The van der Waals surface area contributed by atoms with Gasteiger partial charge in [-0.05, 0) is 24.3 Å². The number of amides is 2. The van der Waals surface area contributed by atoms with Crippen LogP contribution >= 0.6 is 15.9 Å². The van der Waals surface area contributed by atoms with E-state index >= 15 is 0 Å². The van der Waals surface area contributed by atoms with Gasteiger partial charge in [0.15, 0.2) is 0 Å². The number of benzene rings is 2. The topological polar surface area (TPSA) is 61.4 Å². The molecule has 0 saturated carbocycles. The third-order valence-electron chi connectivity index (χ3n) is 2.65. The molecule has 0 spiro atoms. The summed E-state index contributed by atoms with van der Waals surface area (Å²) in [4.78, 5) is 11.8. The summed E-state index contributed by atoms with van der Waals surface area (Å²) >= 11 is 3.26. The molecule has 0 fully saturated rings. The first kappa shape index (κ1) is 15.4. The molecule has 0 saturated heterocycles. The van der Waals surface area contributed by atoms with E-state index < -0.39 is 24.3 Å². The molecule has 21 heavy (non-hydrogen) atoms. The molecular formula is C14H11BrF2N2O2. The van der Waals surface area contributed by atoms with Crippen LogP contribution in [-0.2, 0) is 6.61 Å². The normalized spacial score (nSPS) is 10.3. The van der Waals surface area contributed by atoms with Gasteiger partial charge < -0.3 is 15.7 Å². The molecule has 7 heteroatoms. The molecule has 0 heterocycles. The van der Waals surface area contributed by atoms with Crippen molar-refractivity contribution in [3.8, 4) is 0 Å². The molecule has 0 aliphatic carbocycles. The SMILES string of the molecule is O=C(Nc1cccc(Br)c1)Nc1cc(F)cc(F)c1CO. The average molecular weight is 357 g/mol. The number of hydrogen-bond donors (Lipinski definition) is 3. The molecule has 0 unspecified atom stereocenters. The van der Waals surface area contributed by atoms with Gasteiger partial charge in [-0.25, -0.2) is 13.6 Å². The van der Waals surface area contributed by atoms with Crippen molar-refractivity contribution in [1.29, 1.82) is 0 Å². The van der Waals surface area contributed by atoms with Crippen molar-refractivity contribution in [2.24, 2.45) is 0 Å². The molecule has 0 radical (unpaired) electrons. The van der Waals surface area contributed by atoms with Crippen molar-refractivity contribution in [3.63, 3.8) is 0 Å². The van der Waals surface area contributed by atoms with E-state index in [-0.39, 0.29) is 11.3 Å². The molecule has 0 aliphatic rings. The number of urea groups is 1. The van der Waals surface area contributed by atoms with Gasteiger partial charge in [0.05, 0.1) is 12.3 Å². The Morgan fingerprint density at radius 1 is 1.19 bits per heavy atom. The molecule has 2 aromatic carbocycles. The van der Waals surface area contributed by atoms with Gasteiger partial charge in [-0.3, -0.25) is 0 Å². The summed E-state index contributed by atoms with van der Waals surface area (Å²) in [6.45, 7) is -0.654. The molecule has 0 aliphatic heterocycles. The first-order valence-electron chi connectivity index (χ1n) is 5.92. The van der Waals surface area contributed by atoms with Crippen LogP contribution in [0.2, 0.25) is 0 Å². The Balaban J connectivity index is 2.16. The van der Waals surface area contributed by atoms with Crippen molar-refractivity contribution in [2.75, 3.05) is 10.6 Å². The van der Waals surface area contributed by atoms with E-state index in [1.54, 1.807) is 24.3 Å². The molecule has 0 atom stereocenters. The molecule has 2 rings (SSSR count). The summed E-state index contributed by atoms with van der Waals surface area (Å²) in [7, 11) is 0. The van der Waals surface area contributed by atoms with Gasteiger partial charge in [-0.2, -0.15) is 0 Å². The van der Waals surface area contributed by atoms with E-state index in [1.807, 2.05) is 0 Å². The summed E-state index contributed by atoms with van der Waals surface area (Å²) in [6, 6.07) is 7.74. The second kappa shape index (κ2) is 6.64. The van der Waals surface area contributed by atoms with Crippen LogP contribution in [-0.4, -0.2) is 11.1 Å². The zero-order chi connectivity index (χ0) is 15.4. The molecule has 0 bridgehead atoms. The second-order valence-electron chi connectivity index (χ2n) is 4.16. The first-order chi connectivity index (χ1) is 9.99. The Labute approximate surface area is 127 Å². The van der Waals surface area contributed by atoms with Gasteiger partial charge in [-0.1, -0.05) is 22.0 Å². The minimum Gasteiger partial charge on any atom is -0.391 e. The molecule has 110 valence electrons. The lowest BCUT2D eigenvalue weighted by Crippen LogP contribution is -2.20. The van der Waals surface area contributed by atoms with Crippen molar-refractivity contribution < 1.29 is 18.7 Å². The first-order valence-corrected chi connectivity index (χ1v) is 6.71. The number of nitrogens with one attached hydrogen (secondary N) is 2. The molecule has 2 aromatic rings. The molecule has 2 amide bonds. The summed E-state index contributed by atoms with van der Waals surface area (Å²) in [6.07, 6.45) is 0. The fraction of sp³-hybridized carbons (Fsp3) is 0.0714. The molecule has 0 aromatic heterocycles. The third kappa shape index (κ3) is 3.99. The van der Waals surface area contributed by atoms with Crippen LogP contribution in [0.3, 0.4) is 0 Å². The van der Waals surface area contributed by atoms with Crippen molar-refractivity contribution in [3.05, 3.63) is 58.1 Å².